The zero-order valence-corrected chi connectivity index (χ0v) is 27.3. The van der Waals surface area contributed by atoms with Gasteiger partial charge in [-0.25, -0.2) is 0 Å². The number of carbonyl (C=O) groups excluding carboxylic acids is 3. The van der Waals surface area contributed by atoms with Gasteiger partial charge in [0.05, 0.1) is 36.9 Å². The zero-order chi connectivity index (χ0) is 34.0. The highest BCUT2D eigenvalue weighted by molar-refractivity contribution is 6.31. The predicted molar refractivity (Wildman–Crippen MR) is 179 cm³/mol. The quantitative estimate of drug-likeness (QED) is 0.126. The Balaban J connectivity index is 1.13. The first-order chi connectivity index (χ1) is 23.1. The average molecular weight is 670 g/mol. The van der Waals surface area contributed by atoms with E-state index in [-0.39, 0.29) is 31.4 Å². The average Bonchev–Trinajstić information content (AvgIpc) is 3.61. The molecule has 3 heterocycles. The number of fused-ring (bicyclic) bond motifs is 1. The number of allylic oxidation sites excluding steroid dienone is 1. The molecule has 0 bridgehead atoms. The maximum Gasteiger partial charge on any atom is 0.304 e. The number of anilines is 2. The first kappa shape index (κ1) is 33.1. The lowest BCUT2D eigenvalue weighted by atomic mass is 9.83. The van der Waals surface area contributed by atoms with E-state index in [1.807, 2.05) is 48.7 Å². The SMILES string of the molecule is CC(=O)OC1CC(=O)N1c1ccc(CN2C(=O)[C@@](O)([C@@H](C)/C=C/CCn3cc(C(CO)c4ccccc4)nn3)c3cc(Cl)ccc32)cc1. The summed E-state index contributed by atoms with van der Waals surface area (Å²) in [4.78, 5) is 40.5. The van der Waals surface area contributed by atoms with Gasteiger partial charge < -0.3 is 19.8 Å². The number of esters is 1. The molecule has 4 aromatic rings. The molecule has 1 saturated heterocycles. The molecule has 3 aromatic carbocycles. The molecule has 0 spiro atoms. The Bertz CT molecular complexity index is 1850. The summed E-state index contributed by atoms with van der Waals surface area (Å²) in [5, 5.41) is 30.9. The van der Waals surface area contributed by atoms with E-state index in [1.54, 1.807) is 59.0 Å². The lowest BCUT2D eigenvalue weighted by Crippen LogP contribution is -2.54. The Kier molecular flexibility index (Phi) is 9.45. The second-order valence-corrected chi connectivity index (χ2v) is 12.5. The number of nitrogens with zero attached hydrogens (tertiary/aromatic N) is 5. The minimum absolute atomic E-state index is 0.0851. The fourth-order valence-corrected chi connectivity index (χ4v) is 6.46. The van der Waals surface area contributed by atoms with Crippen LogP contribution < -0.4 is 9.80 Å². The van der Waals surface area contributed by atoms with Crippen LogP contribution in [0.4, 0.5) is 11.4 Å². The first-order valence-corrected chi connectivity index (χ1v) is 16.1. The summed E-state index contributed by atoms with van der Waals surface area (Å²) in [5.74, 6) is -1.93. The molecule has 2 N–H and O–H groups in total. The Morgan fingerprint density at radius 1 is 1.12 bits per heavy atom. The standard InChI is InChI=1S/C36H36ClN5O6/c1-23(8-6-7-17-40-21-31(38-39-40)29(22-43)26-9-4-3-5-10-26)36(47)30-18-27(37)13-16-32(30)41(35(36)46)20-25-11-14-28(15-12-25)42-33(45)19-34(42)48-24(2)44/h3-6,8-16,18,21,23,29,34,43,47H,7,17,19-20,22H2,1-2H3/b8-6+/t23-,29?,34?,36+/m0/s1. The number of carbonyl (C=O) groups is 3. The van der Waals surface area contributed by atoms with Crippen LogP contribution in [-0.4, -0.2) is 55.8 Å². The van der Waals surface area contributed by atoms with Gasteiger partial charge in [0.2, 0.25) is 5.91 Å². The van der Waals surface area contributed by atoms with Crippen molar-refractivity contribution in [3.63, 3.8) is 0 Å². The van der Waals surface area contributed by atoms with Gasteiger partial charge in [-0.15, -0.1) is 5.10 Å². The Hall–Kier alpha value is -4.84. The van der Waals surface area contributed by atoms with Gasteiger partial charge >= 0.3 is 5.97 Å². The number of hydrogen-bond acceptors (Lipinski definition) is 8. The maximum atomic E-state index is 14.0. The molecule has 48 heavy (non-hydrogen) atoms. The van der Waals surface area contributed by atoms with Crippen LogP contribution in [0.1, 0.15) is 55.0 Å². The third-order valence-corrected chi connectivity index (χ3v) is 9.14. The predicted octanol–water partition coefficient (Wildman–Crippen LogP) is 4.70. The molecule has 1 fully saturated rings. The van der Waals surface area contributed by atoms with Crippen molar-refractivity contribution < 1.29 is 29.3 Å². The highest BCUT2D eigenvalue weighted by Crippen LogP contribution is 2.47. The molecule has 248 valence electrons. The van der Waals surface area contributed by atoms with Crippen LogP contribution in [0.25, 0.3) is 0 Å². The van der Waals surface area contributed by atoms with Crippen molar-refractivity contribution in [2.24, 2.45) is 5.92 Å². The van der Waals surface area contributed by atoms with Gasteiger partial charge in [-0.3, -0.25) is 24.0 Å². The molecule has 6 rings (SSSR count). The lowest BCUT2D eigenvalue weighted by molar-refractivity contribution is -0.153. The molecule has 2 aliphatic rings. The Labute approximate surface area is 283 Å². The number of halogens is 1. The number of ether oxygens (including phenoxy) is 1. The van der Waals surface area contributed by atoms with Gasteiger partial charge in [-0.05, 0) is 47.9 Å². The first-order valence-electron chi connectivity index (χ1n) is 15.7. The number of aryl methyl sites for hydroxylation is 1. The molecule has 1 aromatic heterocycles. The smallest absolute Gasteiger partial charge is 0.304 e. The number of aromatic nitrogens is 3. The van der Waals surface area contributed by atoms with Gasteiger partial charge in [0.25, 0.3) is 5.91 Å². The summed E-state index contributed by atoms with van der Waals surface area (Å²) in [7, 11) is 0. The van der Waals surface area contributed by atoms with E-state index >= 15 is 0 Å². The summed E-state index contributed by atoms with van der Waals surface area (Å²) in [6.07, 6.45) is 5.63. The van der Waals surface area contributed by atoms with E-state index in [9.17, 15) is 24.6 Å². The molecule has 12 heteroatoms. The van der Waals surface area contributed by atoms with Crippen molar-refractivity contribution in [1.82, 2.24) is 15.0 Å². The summed E-state index contributed by atoms with van der Waals surface area (Å²) >= 11 is 6.35. The number of amides is 2. The van der Waals surface area contributed by atoms with E-state index in [0.717, 1.165) is 11.1 Å². The van der Waals surface area contributed by atoms with Gasteiger partial charge in [-0.2, -0.15) is 0 Å². The number of hydrogen-bond donors (Lipinski definition) is 2. The lowest BCUT2D eigenvalue weighted by Gasteiger charge is -2.39. The highest BCUT2D eigenvalue weighted by atomic mass is 35.5. The number of aliphatic hydroxyl groups is 2. The van der Waals surface area contributed by atoms with E-state index in [0.29, 0.717) is 40.6 Å². The second kappa shape index (κ2) is 13.7. The van der Waals surface area contributed by atoms with Crippen molar-refractivity contribution in [2.45, 2.75) is 57.5 Å². The maximum absolute atomic E-state index is 14.0. The molecule has 0 radical (unpaired) electrons. The van der Waals surface area contributed by atoms with Gasteiger partial charge in [0.1, 0.15) is 0 Å². The molecule has 0 aliphatic carbocycles. The third kappa shape index (κ3) is 6.36. The second-order valence-electron chi connectivity index (χ2n) is 12.1. The number of rotatable bonds is 12. The fraction of sp³-hybridized carbons (Fsp3) is 0.306. The molecule has 2 unspecified atom stereocenters. The largest absolute Gasteiger partial charge is 0.441 e. The Morgan fingerprint density at radius 2 is 1.88 bits per heavy atom. The minimum Gasteiger partial charge on any atom is -0.441 e. The van der Waals surface area contributed by atoms with Crippen LogP contribution in [-0.2, 0) is 37.8 Å². The topological polar surface area (TPSA) is 138 Å². The normalized spacial score (nSPS) is 20.1. The van der Waals surface area contributed by atoms with Crippen molar-refractivity contribution in [3.05, 3.63) is 119 Å². The zero-order valence-electron chi connectivity index (χ0n) is 26.6. The number of aliphatic hydroxyl groups excluding tert-OH is 1. The number of benzene rings is 3. The van der Waals surface area contributed by atoms with Crippen molar-refractivity contribution in [1.29, 1.82) is 0 Å². The van der Waals surface area contributed by atoms with E-state index < -0.39 is 29.6 Å². The monoisotopic (exact) mass is 669 g/mol. The van der Waals surface area contributed by atoms with Crippen molar-refractivity contribution in [2.75, 3.05) is 16.4 Å². The van der Waals surface area contributed by atoms with E-state index in [4.69, 9.17) is 16.3 Å². The van der Waals surface area contributed by atoms with Crippen LogP contribution >= 0.6 is 11.6 Å². The molecular weight excluding hydrogens is 634 g/mol. The summed E-state index contributed by atoms with van der Waals surface area (Å²) < 4.78 is 6.92. The van der Waals surface area contributed by atoms with Crippen molar-refractivity contribution >= 4 is 40.8 Å². The molecule has 4 atom stereocenters. The van der Waals surface area contributed by atoms with Crippen LogP contribution in [0.5, 0.6) is 0 Å². The summed E-state index contributed by atoms with van der Waals surface area (Å²) in [6.45, 7) is 3.71. The number of β-lactam (4-membered cyclic amide) rings is 1. The summed E-state index contributed by atoms with van der Waals surface area (Å²) in [5.41, 5.74) is 2.15. The van der Waals surface area contributed by atoms with Gasteiger partial charge in [0, 0.05) is 41.9 Å². The third-order valence-electron chi connectivity index (χ3n) is 8.90. The molecule has 11 nitrogen and oxygen atoms in total. The molecule has 0 saturated carbocycles. The molecular formula is C36H36ClN5O6. The van der Waals surface area contributed by atoms with Crippen molar-refractivity contribution in [3.8, 4) is 0 Å². The van der Waals surface area contributed by atoms with Crippen LogP contribution in [0.15, 0.2) is 91.1 Å². The van der Waals surface area contributed by atoms with Crippen LogP contribution in [0, 0.1) is 5.92 Å². The minimum atomic E-state index is -1.84. The van der Waals surface area contributed by atoms with Crippen LogP contribution in [0.3, 0.4) is 0 Å². The highest BCUT2D eigenvalue weighted by Gasteiger charge is 2.52. The molecule has 2 amide bonds. The van der Waals surface area contributed by atoms with Gasteiger partial charge in [-0.1, -0.05) is 78.4 Å². The van der Waals surface area contributed by atoms with Gasteiger partial charge in [0.15, 0.2) is 11.8 Å². The van der Waals surface area contributed by atoms with E-state index in [2.05, 4.69) is 10.3 Å². The molecule has 2 aliphatic heterocycles. The fourth-order valence-electron chi connectivity index (χ4n) is 6.29. The van der Waals surface area contributed by atoms with E-state index in [1.165, 1.54) is 11.8 Å². The van der Waals surface area contributed by atoms with Crippen LogP contribution in [0.2, 0.25) is 5.02 Å². The Morgan fingerprint density at radius 3 is 2.56 bits per heavy atom. The summed E-state index contributed by atoms with van der Waals surface area (Å²) in [6, 6.07) is 21.8.